The number of hydrogen-bond donors (Lipinski definition) is 0. The molecule has 1 aliphatic heterocycles. The second-order valence-corrected chi connectivity index (χ2v) is 8.31. The third kappa shape index (κ3) is 3.71. The minimum Gasteiger partial charge on any atom is -0.336 e. The van der Waals surface area contributed by atoms with Crippen LogP contribution < -0.4 is 0 Å². The van der Waals surface area contributed by atoms with E-state index in [1.54, 1.807) is 0 Å². The van der Waals surface area contributed by atoms with Crippen molar-refractivity contribution in [2.45, 2.75) is 52.0 Å². The van der Waals surface area contributed by atoms with E-state index in [0.717, 1.165) is 32.2 Å². The second kappa shape index (κ2) is 7.72. The van der Waals surface area contributed by atoms with E-state index in [2.05, 4.69) is 67.3 Å². The summed E-state index contributed by atoms with van der Waals surface area (Å²) in [7, 11) is 0. The molecule has 0 radical (unpaired) electrons. The van der Waals surface area contributed by atoms with Crippen LogP contribution >= 0.6 is 0 Å². The predicted molar refractivity (Wildman–Crippen MR) is 111 cm³/mol. The topological polar surface area (TPSA) is 20.3 Å². The zero-order chi connectivity index (χ0) is 18.8. The van der Waals surface area contributed by atoms with Crippen LogP contribution in [0.15, 0.2) is 60.2 Å². The van der Waals surface area contributed by atoms with Crippen molar-refractivity contribution >= 4 is 11.5 Å². The van der Waals surface area contributed by atoms with Crippen molar-refractivity contribution in [2.24, 2.45) is 5.92 Å². The number of benzene rings is 2. The largest absolute Gasteiger partial charge is 0.336 e. The van der Waals surface area contributed by atoms with Gasteiger partial charge < -0.3 is 4.90 Å². The monoisotopic (exact) mass is 359 g/mol. The van der Waals surface area contributed by atoms with E-state index in [1.165, 1.54) is 27.8 Å². The molecule has 2 heteroatoms. The van der Waals surface area contributed by atoms with E-state index in [1.807, 2.05) is 6.07 Å². The molecule has 1 unspecified atom stereocenters. The molecule has 0 fully saturated rings. The zero-order valence-corrected chi connectivity index (χ0v) is 16.4. The maximum Gasteiger partial charge on any atom is 0.223 e. The number of aryl methyl sites for hydroxylation is 1. The van der Waals surface area contributed by atoms with E-state index in [4.69, 9.17) is 0 Å². The lowest BCUT2D eigenvalue weighted by molar-refractivity contribution is -0.133. The number of carbonyl (C=O) groups is 1. The molecule has 1 heterocycles. The Labute approximate surface area is 162 Å². The van der Waals surface area contributed by atoms with Crippen LogP contribution in [0.1, 0.15) is 49.8 Å². The lowest BCUT2D eigenvalue weighted by atomic mass is 9.87. The van der Waals surface area contributed by atoms with Gasteiger partial charge >= 0.3 is 0 Å². The van der Waals surface area contributed by atoms with E-state index in [-0.39, 0.29) is 6.04 Å². The van der Waals surface area contributed by atoms with Crippen LogP contribution in [0, 0.1) is 5.92 Å². The number of nitrogens with zero attached hydrogens (tertiary/aromatic N) is 1. The SMILES string of the molecule is CC(C)CC1C2=C(CCN1C(=O)CCc1ccccc1)c1ccccc1C2. The number of rotatable bonds is 5. The number of carbonyl (C=O) groups excluding carboxylic acids is 1. The smallest absolute Gasteiger partial charge is 0.223 e. The van der Waals surface area contributed by atoms with Crippen LogP contribution in [-0.4, -0.2) is 23.4 Å². The molecule has 0 saturated carbocycles. The summed E-state index contributed by atoms with van der Waals surface area (Å²) in [6, 6.07) is 19.4. The Kier molecular flexibility index (Phi) is 5.15. The highest BCUT2D eigenvalue weighted by Gasteiger charge is 2.36. The fourth-order valence-corrected chi connectivity index (χ4v) is 4.70. The van der Waals surface area contributed by atoms with Crippen molar-refractivity contribution < 1.29 is 4.79 Å². The molecule has 2 aliphatic rings. The van der Waals surface area contributed by atoms with Crippen molar-refractivity contribution in [3.63, 3.8) is 0 Å². The summed E-state index contributed by atoms with van der Waals surface area (Å²) in [6.07, 6.45) is 4.51. The van der Waals surface area contributed by atoms with Gasteiger partial charge in [-0.2, -0.15) is 0 Å². The first-order valence-electron chi connectivity index (χ1n) is 10.3. The minimum atomic E-state index is 0.268. The van der Waals surface area contributed by atoms with Crippen LogP contribution in [0.25, 0.3) is 5.57 Å². The molecule has 2 aromatic carbocycles. The number of fused-ring (bicyclic) bond motifs is 2. The maximum atomic E-state index is 13.1. The fourth-order valence-electron chi connectivity index (χ4n) is 4.70. The molecule has 1 atom stereocenters. The molecule has 0 aromatic heterocycles. The van der Waals surface area contributed by atoms with E-state index < -0.39 is 0 Å². The van der Waals surface area contributed by atoms with E-state index in [0.29, 0.717) is 18.2 Å². The first kappa shape index (κ1) is 18.0. The molecular weight excluding hydrogens is 330 g/mol. The standard InChI is InChI=1S/C25H29NO/c1-18(2)16-24-23-17-20-10-6-7-11-21(20)22(23)14-15-26(24)25(27)13-12-19-8-4-3-5-9-19/h3-11,18,24H,12-17H2,1-2H3. The molecule has 2 aromatic rings. The lowest BCUT2D eigenvalue weighted by Gasteiger charge is -2.38. The Balaban J connectivity index is 1.54. The number of amides is 1. The maximum absolute atomic E-state index is 13.1. The van der Waals surface area contributed by atoms with Gasteiger partial charge in [-0.1, -0.05) is 68.4 Å². The third-order valence-corrected chi connectivity index (χ3v) is 5.98. The molecular formula is C25H29NO. The molecule has 4 rings (SSSR count). The van der Waals surface area contributed by atoms with Gasteiger partial charge in [-0.25, -0.2) is 0 Å². The highest BCUT2D eigenvalue weighted by molar-refractivity contribution is 5.83. The van der Waals surface area contributed by atoms with Crippen molar-refractivity contribution in [1.29, 1.82) is 0 Å². The highest BCUT2D eigenvalue weighted by atomic mass is 16.2. The summed E-state index contributed by atoms with van der Waals surface area (Å²) in [5.41, 5.74) is 7.14. The molecule has 0 bridgehead atoms. The molecule has 140 valence electrons. The molecule has 1 amide bonds. The van der Waals surface area contributed by atoms with Gasteiger partial charge in [0.25, 0.3) is 0 Å². The van der Waals surface area contributed by atoms with Crippen LogP contribution in [0.2, 0.25) is 0 Å². The second-order valence-electron chi connectivity index (χ2n) is 8.31. The lowest BCUT2D eigenvalue weighted by Crippen LogP contribution is -2.45. The van der Waals surface area contributed by atoms with Crippen molar-refractivity contribution in [3.8, 4) is 0 Å². The Morgan fingerprint density at radius 2 is 1.81 bits per heavy atom. The summed E-state index contributed by atoms with van der Waals surface area (Å²) >= 11 is 0. The Bertz CT molecular complexity index is 850. The van der Waals surface area contributed by atoms with Crippen LogP contribution in [-0.2, 0) is 17.6 Å². The van der Waals surface area contributed by atoms with Crippen LogP contribution in [0.3, 0.4) is 0 Å². The van der Waals surface area contributed by atoms with E-state index >= 15 is 0 Å². The molecule has 0 spiro atoms. The average Bonchev–Trinajstić information content (AvgIpc) is 3.06. The van der Waals surface area contributed by atoms with Gasteiger partial charge in [-0.05, 0) is 59.4 Å². The molecule has 0 saturated heterocycles. The van der Waals surface area contributed by atoms with Crippen LogP contribution in [0.4, 0.5) is 0 Å². The van der Waals surface area contributed by atoms with Gasteiger partial charge in [0, 0.05) is 13.0 Å². The summed E-state index contributed by atoms with van der Waals surface area (Å²) in [6.45, 7) is 5.39. The van der Waals surface area contributed by atoms with Crippen LogP contribution in [0.5, 0.6) is 0 Å². The van der Waals surface area contributed by atoms with Gasteiger partial charge in [0.2, 0.25) is 5.91 Å². The van der Waals surface area contributed by atoms with Gasteiger partial charge in [0.1, 0.15) is 0 Å². The van der Waals surface area contributed by atoms with Gasteiger partial charge in [0.05, 0.1) is 6.04 Å². The Morgan fingerprint density at radius 1 is 1.07 bits per heavy atom. The highest BCUT2D eigenvalue weighted by Crippen LogP contribution is 2.42. The Hall–Kier alpha value is -2.35. The van der Waals surface area contributed by atoms with Gasteiger partial charge in [0.15, 0.2) is 0 Å². The minimum absolute atomic E-state index is 0.268. The molecule has 1 aliphatic carbocycles. The zero-order valence-electron chi connectivity index (χ0n) is 16.4. The summed E-state index contributed by atoms with van der Waals surface area (Å²) in [5, 5.41) is 0. The summed E-state index contributed by atoms with van der Waals surface area (Å²) in [5.74, 6) is 0.891. The van der Waals surface area contributed by atoms with Crippen molar-refractivity contribution in [2.75, 3.05) is 6.54 Å². The molecule has 27 heavy (non-hydrogen) atoms. The summed E-state index contributed by atoms with van der Waals surface area (Å²) < 4.78 is 0. The molecule has 0 N–H and O–H groups in total. The Morgan fingerprint density at radius 3 is 2.59 bits per heavy atom. The predicted octanol–water partition coefficient (Wildman–Crippen LogP) is 5.28. The van der Waals surface area contributed by atoms with Crippen molar-refractivity contribution in [3.05, 3.63) is 76.9 Å². The quantitative estimate of drug-likeness (QED) is 0.711. The number of hydrogen-bond acceptors (Lipinski definition) is 1. The molecule has 2 nitrogen and oxygen atoms in total. The van der Waals surface area contributed by atoms with Gasteiger partial charge in [-0.15, -0.1) is 0 Å². The average molecular weight is 360 g/mol. The third-order valence-electron chi connectivity index (χ3n) is 5.98. The van der Waals surface area contributed by atoms with Crippen molar-refractivity contribution in [1.82, 2.24) is 4.90 Å². The fraction of sp³-hybridized carbons (Fsp3) is 0.400. The van der Waals surface area contributed by atoms with Gasteiger partial charge in [-0.3, -0.25) is 4.79 Å². The van der Waals surface area contributed by atoms with E-state index in [9.17, 15) is 4.79 Å². The first-order chi connectivity index (χ1) is 13.1. The first-order valence-corrected chi connectivity index (χ1v) is 10.3. The normalized spacial score (nSPS) is 18.6. The summed E-state index contributed by atoms with van der Waals surface area (Å²) in [4.78, 5) is 15.3.